The fourth-order valence-electron chi connectivity index (χ4n) is 2.32. The molecule has 0 aliphatic carbocycles. The van der Waals surface area contributed by atoms with Gasteiger partial charge in [-0.1, -0.05) is 54.6 Å². The minimum Gasteiger partial charge on any atom is -0.277 e. The second kappa shape index (κ2) is 5.20. The summed E-state index contributed by atoms with van der Waals surface area (Å²) in [5, 5.41) is 4.19. The van der Waals surface area contributed by atoms with Crippen molar-refractivity contribution < 1.29 is 14.4 Å². The van der Waals surface area contributed by atoms with Gasteiger partial charge in [-0.15, -0.1) is 0 Å². The molecule has 1 saturated heterocycles. The zero-order valence-corrected chi connectivity index (χ0v) is 11.0. The highest BCUT2D eigenvalue weighted by atomic mass is 16.2. The van der Waals surface area contributed by atoms with Crippen molar-refractivity contribution in [2.75, 3.05) is 0 Å². The van der Waals surface area contributed by atoms with E-state index in [4.69, 9.17) is 0 Å². The van der Waals surface area contributed by atoms with Gasteiger partial charge in [-0.05, 0) is 16.7 Å². The summed E-state index contributed by atoms with van der Waals surface area (Å²) in [5.74, 6) is -2.19. The first kappa shape index (κ1) is 13.1. The lowest BCUT2D eigenvalue weighted by Gasteiger charge is -2.20. The molecule has 0 unspecified atom stereocenters. The third-order valence-electron chi connectivity index (χ3n) is 3.35. The number of hydrogen-bond donors (Lipinski definition) is 2. The number of benzene rings is 2. The fourth-order valence-corrected chi connectivity index (χ4v) is 2.32. The lowest BCUT2D eigenvalue weighted by molar-refractivity contribution is -0.132. The maximum Gasteiger partial charge on any atom is 0.328 e. The number of rotatable bonds is 2. The highest BCUT2D eigenvalue weighted by Gasteiger charge is 2.35. The summed E-state index contributed by atoms with van der Waals surface area (Å²) >= 11 is 0. The Labute approximate surface area is 121 Å². The van der Waals surface area contributed by atoms with Crippen LogP contribution in [0.5, 0.6) is 0 Å². The van der Waals surface area contributed by atoms with Gasteiger partial charge >= 0.3 is 6.03 Å². The SMILES string of the molecule is O=C1NC(=O)C(c2ccc(-c3ccccc3)cc2)C(=O)N1. The van der Waals surface area contributed by atoms with Crippen molar-refractivity contribution in [3.63, 3.8) is 0 Å². The maximum absolute atomic E-state index is 11.8. The third kappa shape index (κ3) is 2.53. The van der Waals surface area contributed by atoms with Crippen LogP contribution in [-0.4, -0.2) is 17.8 Å². The number of nitrogens with one attached hydrogen (secondary N) is 2. The highest BCUT2D eigenvalue weighted by Crippen LogP contribution is 2.24. The van der Waals surface area contributed by atoms with Crippen molar-refractivity contribution in [3.05, 3.63) is 60.2 Å². The Morgan fingerprint density at radius 2 is 1.19 bits per heavy atom. The van der Waals surface area contributed by atoms with Gasteiger partial charge in [-0.25, -0.2) is 4.79 Å². The molecule has 2 aromatic carbocycles. The zero-order chi connectivity index (χ0) is 14.8. The fraction of sp³-hybridized carbons (Fsp3) is 0.0625. The number of imide groups is 2. The predicted octanol–water partition coefficient (Wildman–Crippen LogP) is 1.80. The van der Waals surface area contributed by atoms with E-state index in [0.717, 1.165) is 11.1 Å². The second-order valence-electron chi connectivity index (χ2n) is 4.73. The van der Waals surface area contributed by atoms with Crippen LogP contribution in [0.25, 0.3) is 11.1 Å². The minimum atomic E-state index is -0.993. The third-order valence-corrected chi connectivity index (χ3v) is 3.35. The van der Waals surface area contributed by atoms with E-state index in [9.17, 15) is 14.4 Å². The topological polar surface area (TPSA) is 75.3 Å². The molecule has 4 amide bonds. The monoisotopic (exact) mass is 280 g/mol. The van der Waals surface area contributed by atoms with Crippen LogP contribution in [0, 0.1) is 0 Å². The second-order valence-corrected chi connectivity index (χ2v) is 4.73. The molecule has 5 heteroatoms. The van der Waals surface area contributed by atoms with Crippen LogP contribution < -0.4 is 10.6 Å². The number of hydrogen-bond acceptors (Lipinski definition) is 3. The lowest BCUT2D eigenvalue weighted by Crippen LogP contribution is -2.54. The molecule has 104 valence electrons. The van der Waals surface area contributed by atoms with E-state index >= 15 is 0 Å². The predicted molar refractivity (Wildman–Crippen MR) is 76.3 cm³/mol. The van der Waals surface area contributed by atoms with Gasteiger partial charge in [0, 0.05) is 0 Å². The number of barbiturate groups is 1. The number of carbonyl (C=O) groups excluding carboxylic acids is 3. The molecule has 0 atom stereocenters. The first-order chi connectivity index (χ1) is 10.1. The average Bonchev–Trinajstić information content (AvgIpc) is 2.48. The molecule has 1 heterocycles. The van der Waals surface area contributed by atoms with Crippen molar-refractivity contribution in [2.45, 2.75) is 5.92 Å². The van der Waals surface area contributed by atoms with Crippen molar-refractivity contribution in [1.82, 2.24) is 10.6 Å². The summed E-state index contributed by atoms with van der Waals surface area (Å²) in [6.07, 6.45) is 0. The van der Waals surface area contributed by atoms with Gasteiger partial charge in [-0.2, -0.15) is 0 Å². The Bertz CT molecular complexity index is 688. The highest BCUT2D eigenvalue weighted by molar-refractivity contribution is 6.19. The molecule has 5 nitrogen and oxygen atoms in total. The molecule has 0 bridgehead atoms. The lowest BCUT2D eigenvalue weighted by atomic mass is 9.94. The molecule has 0 saturated carbocycles. The summed E-state index contributed by atoms with van der Waals surface area (Å²) in [6.45, 7) is 0. The van der Waals surface area contributed by atoms with Crippen molar-refractivity contribution >= 4 is 17.8 Å². The van der Waals surface area contributed by atoms with E-state index in [1.807, 2.05) is 42.5 Å². The van der Waals surface area contributed by atoms with E-state index in [1.165, 1.54) is 0 Å². The molecule has 0 radical (unpaired) electrons. The molecule has 1 aliphatic heterocycles. The molecule has 2 aromatic rings. The van der Waals surface area contributed by atoms with E-state index in [-0.39, 0.29) is 0 Å². The quantitative estimate of drug-likeness (QED) is 0.824. The van der Waals surface area contributed by atoms with Gasteiger partial charge in [0.1, 0.15) is 5.92 Å². The van der Waals surface area contributed by atoms with Gasteiger partial charge in [-0.3, -0.25) is 20.2 Å². The van der Waals surface area contributed by atoms with Crippen LogP contribution in [0.4, 0.5) is 4.79 Å². The normalized spacial score (nSPS) is 15.5. The van der Waals surface area contributed by atoms with Crippen LogP contribution in [0.15, 0.2) is 54.6 Å². The summed E-state index contributed by atoms with van der Waals surface area (Å²) in [7, 11) is 0. The van der Waals surface area contributed by atoms with E-state index in [1.54, 1.807) is 12.1 Å². The van der Waals surface area contributed by atoms with Crippen molar-refractivity contribution in [1.29, 1.82) is 0 Å². The van der Waals surface area contributed by atoms with E-state index < -0.39 is 23.8 Å². The summed E-state index contributed by atoms with van der Waals surface area (Å²) < 4.78 is 0. The molecule has 0 spiro atoms. The molecule has 1 aliphatic rings. The first-order valence-corrected chi connectivity index (χ1v) is 6.46. The van der Waals surface area contributed by atoms with Gasteiger partial charge in [0.15, 0.2) is 0 Å². The Kier molecular flexibility index (Phi) is 3.23. The number of amides is 4. The summed E-state index contributed by atoms with van der Waals surface area (Å²) in [6, 6.07) is 16.1. The van der Waals surface area contributed by atoms with Gasteiger partial charge in [0.25, 0.3) is 0 Å². The molecule has 21 heavy (non-hydrogen) atoms. The Morgan fingerprint density at radius 3 is 1.76 bits per heavy atom. The number of urea groups is 1. The Morgan fingerprint density at radius 1 is 0.667 bits per heavy atom. The Hall–Kier alpha value is -2.95. The molecular weight excluding hydrogens is 268 g/mol. The molecular formula is C16H12N2O3. The number of carbonyl (C=O) groups is 3. The van der Waals surface area contributed by atoms with E-state index in [2.05, 4.69) is 10.6 Å². The van der Waals surface area contributed by atoms with Crippen LogP contribution in [0.2, 0.25) is 0 Å². The van der Waals surface area contributed by atoms with Crippen molar-refractivity contribution in [2.24, 2.45) is 0 Å². The maximum atomic E-state index is 11.8. The van der Waals surface area contributed by atoms with Crippen LogP contribution in [0.1, 0.15) is 11.5 Å². The Balaban J connectivity index is 1.89. The van der Waals surface area contributed by atoms with Crippen LogP contribution in [-0.2, 0) is 9.59 Å². The smallest absolute Gasteiger partial charge is 0.277 e. The van der Waals surface area contributed by atoms with Crippen molar-refractivity contribution in [3.8, 4) is 11.1 Å². The molecule has 0 aromatic heterocycles. The zero-order valence-electron chi connectivity index (χ0n) is 11.0. The standard InChI is InChI=1S/C16H12N2O3/c19-14-13(15(20)18-16(21)17-14)12-8-6-11(7-9-12)10-4-2-1-3-5-10/h1-9,13H,(H2,17,18,19,20,21). The molecule has 1 fully saturated rings. The molecule has 3 rings (SSSR count). The largest absolute Gasteiger partial charge is 0.328 e. The minimum absolute atomic E-state index is 0.553. The van der Waals surface area contributed by atoms with Crippen LogP contribution >= 0.6 is 0 Å². The van der Waals surface area contributed by atoms with Crippen LogP contribution in [0.3, 0.4) is 0 Å². The van der Waals surface area contributed by atoms with Gasteiger partial charge in [0.05, 0.1) is 0 Å². The summed E-state index contributed by atoms with van der Waals surface area (Å²) in [5.41, 5.74) is 2.60. The van der Waals surface area contributed by atoms with Gasteiger partial charge in [0.2, 0.25) is 11.8 Å². The summed E-state index contributed by atoms with van der Waals surface area (Å²) in [4.78, 5) is 34.6. The van der Waals surface area contributed by atoms with E-state index in [0.29, 0.717) is 5.56 Å². The van der Waals surface area contributed by atoms with Gasteiger partial charge < -0.3 is 0 Å². The molecule has 2 N–H and O–H groups in total. The average molecular weight is 280 g/mol. The first-order valence-electron chi connectivity index (χ1n) is 6.46.